The number of benzene rings is 2. The van der Waals surface area contributed by atoms with Crippen molar-refractivity contribution in [3.05, 3.63) is 64.7 Å². The summed E-state index contributed by atoms with van der Waals surface area (Å²) < 4.78 is 11.3. The van der Waals surface area contributed by atoms with Crippen molar-refractivity contribution in [2.45, 2.75) is 57.0 Å². The molecule has 3 N–H and O–H groups in total. The molecule has 2 fully saturated rings. The summed E-state index contributed by atoms with van der Waals surface area (Å²) in [5.74, 6) is -0.0161. The molecular weight excluding hydrogens is 446 g/mol. The van der Waals surface area contributed by atoms with Crippen LogP contribution in [0.25, 0.3) is 0 Å². The molecule has 0 spiro atoms. The first-order valence-corrected chi connectivity index (χ1v) is 12.5. The van der Waals surface area contributed by atoms with Gasteiger partial charge in [0.25, 0.3) is 11.8 Å². The van der Waals surface area contributed by atoms with Gasteiger partial charge in [-0.2, -0.15) is 0 Å². The number of carbonyl (C=O) groups is 2. The Bertz CT molecular complexity index is 1070. The van der Waals surface area contributed by atoms with E-state index in [1.165, 1.54) is 11.1 Å². The SMILES string of the molecule is CCOc1cc(C(=O)N2C3CCC2COC3)ccc1C(=O)NCC(O)[C@H]1Cc2ccccc2CN1. The lowest BCUT2D eigenvalue weighted by molar-refractivity contribution is -0.00717. The Labute approximate surface area is 205 Å². The highest BCUT2D eigenvalue weighted by Gasteiger charge is 2.40. The molecule has 3 heterocycles. The molecule has 3 aliphatic heterocycles. The standard InChI is InChI=1S/C27H33N3O5/c1-2-35-25-12-18(27(33)30-20-8-9-21(30)16-34-15-20)7-10-22(25)26(32)29-14-24(31)23-11-17-5-3-4-6-19(17)13-28-23/h3-7,10,12,20-21,23-24,28,31H,2,8-9,11,13-16H2,1H3,(H,29,32)/t20?,21?,23-,24?/m1/s1. The number of aliphatic hydroxyl groups excluding tert-OH is 1. The molecule has 0 saturated carbocycles. The maximum atomic E-state index is 13.3. The summed E-state index contributed by atoms with van der Waals surface area (Å²) in [5.41, 5.74) is 3.31. The van der Waals surface area contributed by atoms with Gasteiger partial charge in [-0.1, -0.05) is 24.3 Å². The van der Waals surface area contributed by atoms with Crippen LogP contribution >= 0.6 is 0 Å². The molecule has 5 rings (SSSR count). The fourth-order valence-electron chi connectivity index (χ4n) is 5.41. The topological polar surface area (TPSA) is 100 Å². The van der Waals surface area contributed by atoms with Crippen molar-refractivity contribution in [1.82, 2.24) is 15.5 Å². The van der Waals surface area contributed by atoms with E-state index < -0.39 is 6.10 Å². The minimum Gasteiger partial charge on any atom is -0.493 e. The van der Waals surface area contributed by atoms with Crippen LogP contribution in [0.4, 0.5) is 0 Å². The average molecular weight is 480 g/mol. The third-order valence-corrected chi connectivity index (χ3v) is 7.30. The summed E-state index contributed by atoms with van der Waals surface area (Å²) in [7, 11) is 0. The molecule has 35 heavy (non-hydrogen) atoms. The number of morpholine rings is 1. The fourth-order valence-corrected chi connectivity index (χ4v) is 5.41. The molecule has 3 aliphatic rings. The molecule has 4 atom stereocenters. The molecule has 2 amide bonds. The van der Waals surface area contributed by atoms with E-state index in [1.54, 1.807) is 18.2 Å². The van der Waals surface area contributed by atoms with Crippen molar-refractivity contribution in [2.24, 2.45) is 0 Å². The molecule has 2 aromatic carbocycles. The van der Waals surface area contributed by atoms with E-state index in [4.69, 9.17) is 9.47 Å². The Kier molecular flexibility index (Phi) is 7.04. The minimum atomic E-state index is -0.736. The zero-order valence-electron chi connectivity index (χ0n) is 20.0. The van der Waals surface area contributed by atoms with Crippen LogP contribution in [0, 0.1) is 0 Å². The van der Waals surface area contributed by atoms with Gasteiger partial charge in [0.1, 0.15) is 5.75 Å². The van der Waals surface area contributed by atoms with Crippen LogP contribution in [0.5, 0.6) is 5.75 Å². The number of hydrogen-bond donors (Lipinski definition) is 3. The Morgan fingerprint density at radius 3 is 2.66 bits per heavy atom. The van der Waals surface area contributed by atoms with Crippen LogP contribution in [0.2, 0.25) is 0 Å². The third kappa shape index (κ3) is 4.91. The van der Waals surface area contributed by atoms with E-state index in [0.29, 0.717) is 49.7 Å². The van der Waals surface area contributed by atoms with Crippen molar-refractivity contribution < 1.29 is 24.2 Å². The lowest BCUT2D eigenvalue weighted by Crippen LogP contribution is -2.49. The average Bonchev–Trinajstić information content (AvgIpc) is 3.14. The van der Waals surface area contributed by atoms with Gasteiger partial charge in [0.05, 0.1) is 43.6 Å². The molecular formula is C27H33N3O5. The molecule has 2 aromatic rings. The zero-order chi connectivity index (χ0) is 24.4. The highest BCUT2D eigenvalue weighted by molar-refractivity contribution is 6.00. The maximum absolute atomic E-state index is 13.3. The number of amides is 2. The van der Waals surface area contributed by atoms with E-state index in [9.17, 15) is 14.7 Å². The quantitative estimate of drug-likeness (QED) is 0.561. The first-order chi connectivity index (χ1) is 17.0. The third-order valence-electron chi connectivity index (χ3n) is 7.30. The van der Waals surface area contributed by atoms with E-state index >= 15 is 0 Å². The Balaban J connectivity index is 1.24. The summed E-state index contributed by atoms with van der Waals surface area (Å²) in [5, 5.41) is 16.9. The first kappa shape index (κ1) is 23.8. The number of nitrogens with zero attached hydrogens (tertiary/aromatic N) is 1. The fraction of sp³-hybridized carbons (Fsp3) is 0.481. The van der Waals surface area contributed by atoms with Gasteiger partial charge in [-0.15, -0.1) is 0 Å². The first-order valence-electron chi connectivity index (χ1n) is 12.5. The van der Waals surface area contributed by atoms with E-state index in [1.807, 2.05) is 24.0 Å². The molecule has 3 unspecified atom stereocenters. The Morgan fingerprint density at radius 2 is 1.91 bits per heavy atom. The highest BCUT2D eigenvalue weighted by atomic mass is 16.5. The lowest BCUT2D eigenvalue weighted by Gasteiger charge is -2.34. The summed E-state index contributed by atoms with van der Waals surface area (Å²) >= 11 is 0. The molecule has 186 valence electrons. The predicted molar refractivity (Wildman–Crippen MR) is 131 cm³/mol. The normalized spacial score (nSPS) is 23.9. The number of carbonyl (C=O) groups excluding carboxylic acids is 2. The Morgan fingerprint density at radius 1 is 1.17 bits per heavy atom. The number of aliphatic hydroxyl groups is 1. The van der Waals surface area contributed by atoms with Gasteiger partial charge in [0.15, 0.2) is 0 Å². The van der Waals surface area contributed by atoms with E-state index in [2.05, 4.69) is 22.8 Å². The smallest absolute Gasteiger partial charge is 0.255 e. The van der Waals surface area contributed by atoms with E-state index in [-0.39, 0.29) is 36.5 Å². The van der Waals surface area contributed by atoms with Crippen LogP contribution in [0.3, 0.4) is 0 Å². The Hall–Kier alpha value is -2.94. The van der Waals surface area contributed by atoms with Crippen LogP contribution in [-0.2, 0) is 17.7 Å². The molecule has 8 heteroatoms. The van der Waals surface area contributed by atoms with E-state index in [0.717, 1.165) is 12.8 Å². The summed E-state index contributed by atoms with van der Waals surface area (Å²) in [4.78, 5) is 28.2. The monoisotopic (exact) mass is 479 g/mol. The second-order valence-electron chi connectivity index (χ2n) is 9.52. The molecule has 0 radical (unpaired) electrons. The van der Waals surface area contributed by atoms with Crippen molar-refractivity contribution in [3.8, 4) is 5.75 Å². The number of ether oxygens (including phenoxy) is 2. The van der Waals surface area contributed by atoms with Crippen molar-refractivity contribution in [1.29, 1.82) is 0 Å². The number of hydrogen-bond acceptors (Lipinski definition) is 6. The number of nitrogens with one attached hydrogen (secondary N) is 2. The van der Waals surface area contributed by atoms with Gasteiger partial charge in [-0.25, -0.2) is 0 Å². The minimum absolute atomic E-state index is 0.0483. The van der Waals surface area contributed by atoms with Crippen LogP contribution in [-0.4, -0.2) is 72.4 Å². The predicted octanol–water partition coefficient (Wildman–Crippen LogP) is 1.89. The van der Waals surface area contributed by atoms with Gasteiger partial charge in [0.2, 0.25) is 0 Å². The van der Waals surface area contributed by atoms with Gasteiger partial charge in [-0.05, 0) is 55.5 Å². The van der Waals surface area contributed by atoms with Crippen molar-refractivity contribution in [3.63, 3.8) is 0 Å². The second-order valence-corrected chi connectivity index (χ2v) is 9.52. The summed E-state index contributed by atoms with van der Waals surface area (Å²) in [6.07, 6.45) is 1.89. The number of fused-ring (bicyclic) bond motifs is 3. The van der Waals surface area contributed by atoms with Gasteiger partial charge >= 0.3 is 0 Å². The summed E-state index contributed by atoms with van der Waals surface area (Å²) in [6, 6.07) is 13.2. The van der Waals surface area contributed by atoms with Crippen LogP contribution in [0.1, 0.15) is 51.6 Å². The van der Waals surface area contributed by atoms with Crippen molar-refractivity contribution in [2.75, 3.05) is 26.4 Å². The van der Waals surface area contributed by atoms with Gasteiger partial charge in [-0.3, -0.25) is 9.59 Å². The summed E-state index contributed by atoms with van der Waals surface area (Å²) in [6.45, 7) is 4.17. The second kappa shape index (κ2) is 10.4. The highest BCUT2D eigenvalue weighted by Crippen LogP contribution is 2.31. The van der Waals surface area contributed by atoms with Crippen LogP contribution in [0.15, 0.2) is 42.5 Å². The molecule has 8 nitrogen and oxygen atoms in total. The van der Waals surface area contributed by atoms with Crippen molar-refractivity contribution >= 4 is 11.8 Å². The zero-order valence-corrected chi connectivity index (χ0v) is 20.0. The largest absolute Gasteiger partial charge is 0.493 e. The van der Waals surface area contributed by atoms with Crippen LogP contribution < -0.4 is 15.4 Å². The molecule has 2 bridgehead atoms. The van der Waals surface area contributed by atoms with Gasteiger partial charge < -0.3 is 30.1 Å². The lowest BCUT2D eigenvalue weighted by atomic mass is 9.93. The number of rotatable bonds is 7. The van der Waals surface area contributed by atoms with Gasteiger partial charge in [0, 0.05) is 24.7 Å². The molecule has 2 saturated heterocycles. The maximum Gasteiger partial charge on any atom is 0.255 e. The molecule has 0 aliphatic carbocycles. The molecule has 0 aromatic heterocycles.